The van der Waals surface area contributed by atoms with E-state index in [1.165, 1.54) is 6.07 Å². The first kappa shape index (κ1) is 13.1. The molecule has 1 unspecified atom stereocenters. The number of aryl methyl sites for hydroxylation is 1. The summed E-state index contributed by atoms with van der Waals surface area (Å²) >= 11 is 6.10. The second-order valence-corrected chi connectivity index (χ2v) is 4.92. The minimum absolute atomic E-state index is 0.284. The maximum atomic E-state index is 13.3. The van der Waals surface area contributed by atoms with E-state index >= 15 is 0 Å². The highest BCUT2D eigenvalue weighted by molar-refractivity contribution is 6.31. The van der Waals surface area contributed by atoms with Crippen LogP contribution in [0.3, 0.4) is 0 Å². The fourth-order valence-electron chi connectivity index (χ4n) is 1.96. The Morgan fingerprint density at radius 1 is 1.17 bits per heavy atom. The molecule has 0 aliphatic carbocycles. The van der Waals surface area contributed by atoms with E-state index in [4.69, 9.17) is 11.6 Å². The lowest BCUT2D eigenvalue weighted by Gasteiger charge is -2.26. The predicted molar refractivity (Wildman–Crippen MR) is 71.3 cm³/mol. The lowest BCUT2D eigenvalue weighted by Crippen LogP contribution is -2.23. The van der Waals surface area contributed by atoms with Crippen molar-refractivity contribution < 1.29 is 9.50 Å². The van der Waals surface area contributed by atoms with Gasteiger partial charge in [-0.15, -0.1) is 0 Å². The minimum Gasteiger partial charge on any atom is -0.381 e. The Balaban J connectivity index is 2.54. The Morgan fingerprint density at radius 2 is 1.83 bits per heavy atom. The molecule has 2 rings (SSSR count). The lowest BCUT2D eigenvalue weighted by atomic mass is 9.87. The lowest BCUT2D eigenvalue weighted by molar-refractivity contribution is 0.102. The van der Waals surface area contributed by atoms with E-state index in [9.17, 15) is 9.50 Å². The van der Waals surface area contributed by atoms with Gasteiger partial charge in [-0.1, -0.05) is 35.9 Å². The number of hydrogen-bond donors (Lipinski definition) is 1. The molecule has 1 N–H and O–H groups in total. The van der Waals surface area contributed by atoms with E-state index < -0.39 is 5.60 Å². The smallest absolute Gasteiger partial charge is 0.126 e. The van der Waals surface area contributed by atoms with Gasteiger partial charge >= 0.3 is 0 Å². The molecule has 2 aromatic rings. The average Bonchev–Trinajstić information content (AvgIpc) is 2.33. The molecule has 0 aliphatic rings. The molecule has 0 aromatic heterocycles. The van der Waals surface area contributed by atoms with Crippen LogP contribution in [0.25, 0.3) is 0 Å². The van der Waals surface area contributed by atoms with E-state index in [0.717, 1.165) is 0 Å². The van der Waals surface area contributed by atoms with Gasteiger partial charge in [-0.3, -0.25) is 0 Å². The Labute approximate surface area is 111 Å². The molecule has 0 spiro atoms. The Bertz CT molecular complexity index is 578. The van der Waals surface area contributed by atoms with Crippen LogP contribution in [0.2, 0.25) is 5.02 Å². The molecule has 0 bridgehead atoms. The molecular weight excluding hydrogens is 251 g/mol. The molecule has 0 fully saturated rings. The summed E-state index contributed by atoms with van der Waals surface area (Å²) in [5.41, 5.74) is 0.489. The minimum atomic E-state index is -1.24. The molecular formula is C15H14ClFO. The van der Waals surface area contributed by atoms with Crippen LogP contribution in [0.1, 0.15) is 23.6 Å². The summed E-state index contributed by atoms with van der Waals surface area (Å²) in [7, 11) is 0. The van der Waals surface area contributed by atoms with Gasteiger partial charge in [0.2, 0.25) is 0 Å². The first-order chi connectivity index (χ1) is 8.43. The number of benzene rings is 2. The summed E-state index contributed by atoms with van der Waals surface area (Å²) in [4.78, 5) is 0. The normalized spacial score (nSPS) is 14.3. The second kappa shape index (κ2) is 4.71. The van der Waals surface area contributed by atoms with Gasteiger partial charge in [-0.2, -0.15) is 0 Å². The molecule has 2 aromatic carbocycles. The van der Waals surface area contributed by atoms with Crippen LogP contribution in [0.4, 0.5) is 4.39 Å². The van der Waals surface area contributed by atoms with Crippen LogP contribution in [0.15, 0.2) is 42.5 Å². The van der Waals surface area contributed by atoms with E-state index in [-0.39, 0.29) is 5.82 Å². The van der Waals surface area contributed by atoms with Crippen LogP contribution >= 0.6 is 11.6 Å². The average molecular weight is 265 g/mol. The molecule has 0 radical (unpaired) electrons. The highest BCUT2D eigenvalue weighted by atomic mass is 35.5. The highest BCUT2D eigenvalue weighted by Crippen LogP contribution is 2.34. The summed E-state index contributed by atoms with van der Waals surface area (Å²) in [6.45, 7) is 3.32. The van der Waals surface area contributed by atoms with Crippen molar-refractivity contribution in [2.75, 3.05) is 0 Å². The summed E-state index contributed by atoms with van der Waals surface area (Å²) in [6, 6.07) is 11.7. The van der Waals surface area contributed by atoms with Crippen LogP contribution in [0.5, 0.6) is 0 Å². The predicted octanol–water partition coefficient (Wildman–Crippen LogP) is 4.04. The maximum absolute atomic E-state index is 13.3. The van der Waals surface area contributed by atoms with Gasteiger partial charge in [0, 0.05) is 10.6 Å². The van der Waals surface area contributed by atoms with Crippen molar-refractivity contribution in [2.45, 2.75) is 19.4 Å². The Kier molecular flexibility index (Phi) is 3.42. The molecule has 1 atom stereocenters. The zero-order valence-electron chi connectivity index (χ0n) is 10.2. The van der Waals surface area contributed by atoms with Crippen LogP contribution in [0, 0.1) is 12.7 Å². The van der Waals surface area contributed by atoms with Crippen molar-refractivity contribution in [3.63, 3.8) is 0 Å². The molecule has 0 saturated heterocycles. The van der Waals surface area contributed by atoms with Gasteiger partial charge in [-0.05, 0) is 43.2 Å². The largest absolute Gasteiger partial charge is 0.381 e. The Morgan fingerprint density at radius 3 is 2.44 bits per heavy atom. The molecule has 3 heteroatoms. The van der Waals surface area contributed by atoms with Gasteiger partial charge in [-0.25, -0.2) is 4.39 Å². The topological polar surface area (TPSA) is 20.2 Å². The number of aliphatic hydroxyl groups is 1. The zero-order chi connectivity index (χ0) is 13.3. The van der Waals surface area contributed by atoms with Crippen molar-refractivity contribution in [2.24, 2.45) is 0 Å². The van der Waals surface area contributed by atoms with Crippen LogP contribution < -0.4 is 0 Å². The fraction of sp³-hybridized carbons (Fsp3) is 0.200. The van der Waals surface area contributed by atoms with Gasteiger partial charge in [0.25, 0.3) is 0 Å². The second-order valence-electron chi connectivity index (χ2n) is 4.52. The quantitative estimate of drug-likeness (QED) is 0.868. The van der Waals surface area contributed by atoms with E-state index in [2.05, 4.69) is 0 Å². The summed E-state index contributed by atoms with van der Waals surface area (Å²) in [6.07, 6.45) is 0. The summed E-state index contributed by atoms with van der Waals surface area (Å²) in [5, 5.41) is 11.1. The van der Waals surface area contributed by atoms with E-state index in [1.54, 1.807) is 44.2 Å². The summed E-state index contributed by atoms with van der Waals surface area (Å²) < 4.78 is 13.3. The van der Waals surface area contributed by atoms with Gasteiger partial charge in [0.1, 0.15) is 11.4 Å². The molecule has 0 saturated carbocycles. The SMILES string of the molecule is Cc1cc(C(C)(O)c2ccccc2Cl)ccc1F. The Hall–Kier alpha value is -1.38. The molecule has 94 valence electrons. The molecule has 1 nitrogen and oxygen atoms in total. The van der Waals surface area contributed by atoms with Crippen molar-refractivity contribution in [3.05, 3.63) is 70.0 Å². The number of rotatable bonds is 2. The summed E-state index contributed by atoms with van der Waals surface area (Å²) in [5.74, 6) is -0.284. The first-order valence-corrected chi connectivity index (χ1v) is 6.04. The van der Waals surface area contributed by atoms with Crippen LogP contribution in [-0.4, -0.2) is 5.11 Å². The van der Waals surface area contributed by atoms with Gasteiger partial charge in [0.05, 0.1) is 0 Å². The zero-order valence-corrected chi connectivity index (χ0v) is 11.0. The third-order valence-corrected chi connectivity index (χ3v) is 3.45. The maximum Gasteiger partial charge on any atom is 0.126 e. The number of halogens is 2. The standard InChI is InChI=1S/C15H14ClFO/c1-10-9-11(7-8-14(10)17)15(2,18)12-5-3-4-6-13(12)16/h3-9,18H,1-2H3. The monoisotopic (exact) mass is 264 g/mol. The van der Waals surface area contributed by atoms with Crippen molar-refractivity contribution >= 4 is 11.6 Å². The van der Waals surface area contributed by atoms with E-state index in [0.29, 0.717) is 21.7 Å². The van der Waals surface area contributed by atoms with Crippen molar-refractivity contribution in [1.29, 1.82) is 0 Å². The third-order valence-electron chi connectivity index (χ3n) is 3.12. The van der Waals surface area contributed by atoms with E-state index in [1.807, 2.05) is 6.07 Å². The fourth-order valence-corrected chi connectivity index (χ4v) is 2.28. The highest BCUT2D eigenvalue weighted by Gasteiger charge is 2.28. The molecule has 0 heterocycles. The third kappa shape index (κ3) is 2.26. The van der Waals surface area contributed by atoms with Crippen LogP contribution in [-0.2, 0) is 5.60 Å². The number of hydrogen-bond acceptors (Lipinski definition) is 1. The molecule has 18 heavy (non-hydrogen) atoms. The van der Waals surface area contributed by atoms with Gasteiger partial charge < -0.3 is 5.11 Å². The van der Waals surface area contributed by atoms with Gasteiger partial charge in [0.15, 0.2) is 0 Å². The van der Waals surface area contributed by atoms with Crippen molar-refractivity contribution in [3.8, 4) is 0 Å². The first-order valence-electron chi connectivity index (χ1n) is 5.67. The molecule has 0 aliphatic heterocycles. The van der Waals surface area contributed by atoms with Crippen molar-refractivity contribution in [1.82, 2.24) is 0 Å². The molecule has 0 amide bonds.